The molecule has 1 saturated carbocycles. The fraction of sp³-hybridized carbons (Fsp3) is 0.261. The van der Waals surface area contributed by atoms with Gasteiger partial charge in [0.15, 0.2) is 0 Å². The molecule has 28 heavy (non-hydrogen) atoms. The van der Waals surface area contributed by atoms with Crippen LogP contribution in [0.2, 0.25) is 0 Å². The first-order chi connectivity index (χ1) is 13.6. The van der Waals surface area contributed by atoms with Crippen molar-refractivity contribution in [3.63, 3.8) is 0 Å². The second kappa shape index (κ2) is 8.17. The lowest BCUT2D eigenvalue weighted by Gasteiger charge is -2.22. The summed E-state index contributed by atoms with van der Waals surface area (Å²) in [5.74, 6) is 2.09. The standard InChI is InChI=1S/C23H23NO3S/c24-23(15-26-16-25)13-12-18(14-23)22-11-10-21(28-22)17-6-8-20(9-7-17)27-19-4-2-1-3-5-19/h1-11,16,18H,12-15,24H2/t18-,23+/m0/s1. The number of carbonyl (C=O) groups is 1. The Hall–Kier alpha value is -2.63. The van der Waals surface area contributed by atoms with Crippen molar-refractivity contribution in [3.8, 4) is 21.9 Å². The van der Waals surface area contributed by atoms with Crippen LogP contribution in [0.3, 0.4) is 0 Å². The molecular weight excluding hydrogens is 370 g/mol. The molecule has 0 saturated heterocycles. The number of benzene rings is 2. The summed E-state index contributed by atoms with van der Waals surface area (Å²) < 4.78 is 10.8. The van der Waals surface area contributed by atoms with Crippen molar-refractivity contribution in [1.82, 2.24) is 0 Å². The number of rotatable bonds is 7. The van der Waals surface area contributed by atoms with E-state index in [0.717, 1.165) is 30.8 Å². The Kier molecular flexibility index (Phi) is 5.46. The average Bonchev–Trinajstić information content (AvgIpc) is 3.35. The van der Waals surface area contributed by atoms with Gasteiger partial charge in [-0.05, 0) is 79.3 Å². The summed E-state index contributed by atoms with van der Waals surface area (Å²) in [5.41, 5.74) is 7.16. The highest BCUT2D eigenvalue weighted by molar-refractivity contribution is 7.15. The van der Waals surface area contributed by atoms with Gasteiger partial charge in [0, 0.05) is 9.75 Å². The molecule has 5 heteroatoms. The number of nitrogens with two attached hydrogens (primary N) is 1. The molecule has 0 bridgehead atoms. The number of para-hydroxylation sites is 1. The molecule has 1 heterocycles. The van der Waals surface area contributed by atoms with Crippen molar-refractivity contribution < 1.29 is 14.3 Å². The van der Waals surface area contributed by atoms with E-state index in [1.165, 1.54) is 15.3 Å². The summed E-state index contributed by atoms with van der Waals surface area (Å²) in [6.45, 7) is 0.782. The molecule has 0 unspecified atom stereocenters. The maximum atomic E-state index is 10.5. The Morgan fingerprint density at radius 2 is 1.79 bits per heavy atom. The molecule has 1 aliphatic carbocycles. The lowest BCUT2D eigenvalue weighted by atomic mass is 9.98. The van der Waals surface area contributed by atoms with Gasteiger partial charge in [-0.2, -0.15) is 0 Å². The molecule has 2 atom stereocenters. The Morgan fingerprint density at radius 3 is 2.54 bits per heavy atom. The van der Waals surface area contributed by atoms with Crippen molar-refractivity contribution in [1.29, 1.82) is 0 Å². The van der Waals surface area contributed by atoms with Gasteiger partial charge in [0.25, 0.3) is 6.47 Å². The van der Waals surface area contributed by atoms with E-state index in [1.807, 2.05) is 53.8 Å². The van der Waals surface area contributed by atoms with Gasteiger partial charge in [0.1, 0.15) is 18.1 Å². The predicted octanol–water partition coefficient (Wildman–Crippen LogP) is 5.35. The van der Waals surface area contributed by atoms with Crippen LogP contribution in [0.15, 0.2) is 66.7 Å². The van der Waals surface area contributed by atoms with Crippen molar-refractivity contribution >= 4 is 17.8 Å². The van der Waals surface area contributed by atoms with E-state index < -0.39 is 5.54 Å². The van der Waals surface area contributed by atoms with Crippen LogP contribution < -0.4 is 10.5 Å². The fourth-order valence-corrected chi connectivity index (χ4v) is 4.92. The molecule has 1 aromatic heterocycles. The van der Waals surface area contributed by atoms with Gasteiger partial charge in [-0.1, -0.05) is 18.2 Å². The van der Waals surface area contributed by atoms with Crippen molar-refractivity contribution in [2.45, 2.75) is 30.7 Å². The number of ether oxygens (including phenoxy) is 2. The zero-order valence-corrected chi connectivity index (χ0v) is 16.4. The normalized spacial score (nSPS) is 21.4. The van der Waals surface area contributed by atoms with Gasteiger partial charge in [-0.25, -0.2) is 0 Å². The molecule has 144 valence electrons. The van der Waals surface area contributed by atoms with E-state index >= 15 is 0 Å². The van der Waals surface area contributed by atoms with Crippen molar-refractivity contribution in [2.24, 2.45) is 5.73 Å². The number of thiophene rings is 1. The number of carbonyl (C=O) groups excluding carboxylic acids is 1. The van der Waals surface area contributed by atoms with E-state index in [9.17, 15) is 4.79 Å². The molecule has 3 aromatic rings. The Bertz CT molecular complexity index is 923. The quantitative estimate of drug-likeness (QED) is 0.550. The minimum absolute atomic E-state index is 0.300. The molecule has 0 amide bonds. The molecule has 1 fully saturated rings. The summed E-state index contributed by atoms with van der Waals surface area (Å²) >= 11 is 1.81. The average molecular weight is 394 g/mol. The minimum atomic E-state index is -0.397. The van der Waals surface area contributed by atoms with Gasteiger partial charge >= 0.3 is 0 Å². The second-order valence-corrected chi connectivity index (χ2v) is 8.47. The van der Waals surface area contributed by atoms with E-state index in [4.69, 9.17) is 15.2 Å². The second-order valence-electron chi connectivity index (χ2n) is 7.35. The van der Waals surface area contributed by atoms with Crippen LogP contribution in [0, 0.1) is 0 Å². The first-order valence-electron chi connectivity index (χ1n) is 9.42. The highest BCUT2D eigenvalue weighted by atomic mass is 32.1. The molecule has 4 nitrogen and oxygen atoms in total. The summed E-state index contributed by atoms with van der Waals surface area (Å²) in [7, 11) is 0. The summed E-state index contributed by atoms with van der Waals surface area (Å²) in [6, 6.07) is 22.3. The van der Waals surface area contributed by atoms with Crippen LogP contribution in [0.4, 0.5) is 0 Å². The van der Waals surface area contributed by atoms with Crippen LogP contribution in [0.25, 0.3) is 10.4 Å². The summed E-state index contributed by atoms with van der Waals surface area (Å²) in [6.07, 6.45) is 2.76. The van der Waals surface area contributed by atoms with E-state index in [1.54, 1.807) is 0 Å². The predicted molar refractivity (Wildman–Crippen MR) is 112 cm³/mol. The van der Waals surface area contributed by atoms with E-state index in [2.05, 4.69) is 24.3 Å². The third-order valence-corrected chi connectivity index (χ3v) is 6.53. The van der Waals surface area contributed by atoms with Crippen LogP contribution in [-0.2, 0) is 9.53 Å². The van der Waals surface area contributed by atoms with E-state index in [-0.39, 0.29) is 0 Å². The molecule has 0 radical (unpaired) electrons. The highest BCUT2D eigenvalue weighted by Gasteiger charge is 2.37. The third-order valence-electron chi connectivity index (χ3n) is 5.23. The fourth-order valence-electron chi connectivity index (χ4n) is 3.77. The molecule has 0 spiro atoms. The first-order valence-corrected chi connectivity index (χ1v) is 10.2. The van der Waals surface area contributed by atoms with Gasteiger partial charge in [-0.15, -0.1) is 11.3 Å². The summed E-state index contributed by atoms with van der Waals surface area (Å²) in [5, 5.41) is 0. The topological polar surface area (TPSA) is 61.5 Å². The molecule has 1 aliphatic rings. The van der Waals surface area contributed by atoms with Crippen LogP contribution in [0.5, 0.6) is 11.5 Å². The zero-order valence-electron chi connectivity index (χ0n) is 15.5. The number of hydrogen-bond donors (Lipinski definition) is 1. The maximum absolute atomic E-state index is 10.5. The third kappa shape index (κ3) is 4.26. The lowest BCUT2D eigenvalue weighted by Crippen LogP contribution is -2.41. The Balaban J connectivity index is 1.42. The molecule has 4 rings (SSSR count). The highest BCUT2D eigenvalue weighted by Crippen LogP contribution is 2.43. The summed E-state index contributed by atoms with van der Waals surface area (Å²) in [4.78, 5) is 13.0. The molecule has 2 aromatic carbocycles. The molecular formula is C23H23NO3S. The zero-order chi connectivity index (χ0) is 19.4. The number of hydrogen-bond acceptors (Lipinski definition) is 5. The monoisotopic (exact) mass is 393 g/mol. The van der Waals surface area contributed by atoms with Crippen LogP contribution in [-0.4, -0.2) is 18.6 Å². The van der Waals surface area contributed by atoms with Gasteiger partial charge < -0.3 is 15.2 Å². The van der Waals surface area contributed by atoms with Crippen LogP contribution in [0.1, 0.15) is 30.1 Å². The van der Waals surface area contributed by atoms with E-state index in [0.29, 0.717) is 19.0 Å². The largest absolute Gasteiger partial charge is 0.466 e. The SMILES string of the molecule is N[C@]1(COC=O)CC[C@H](c2ccc(-c3ccc(Oc4ccccc4)cc3)s2)C1. The smallest absolute Gasteiger partial charge is 0.293 e. The molecule has 0 aliphatic heterocycles. The molecule has 2 N–H and O–H groups in total. The van der Waals surface area contributed by atoms with Crippen LogP contribution >= 0.6 is 11.3 Å². The van der Waals surface area contributed by atoms with Crippen molar-refractivity contribution in [2.75, 3.05) is 6.61 Å². The van der Waals surface area contributed by atoms with Gasteiger partial charge in [0.05, 0.1) is 5.54 Å². The first kappa shape index (κ1) is 18.7. The Labute approximate surface area is 168 Å². The van der Waals surface area contributed by atoms with Crippen molar-refractivity contribution in [3.05, 3.63) is 71.6 Å². The Morgan fingerprint density at radius 1 is 1.04 bits per heavy atom. The van der Waals surface area contributed by atoms with Gasteiger partial charge in [0.2, 0.25) is 0 Å². The minimum Gasteiger partial charge on any atom is -0.466 e. The lowest BCUT2D eigenvalue weighted by molar-refractivity contribution is -0.130. The maximum Gasteiger partial charge on any atom is 0.293 e. The van der Waals surface area contributed by atoms with Gasteiger partial charge in [-0.3, -0.25) is 4.79 Å².